The van der Waals surface area contributed by atoms with Crippen molar-refractivity contribution >= 4 is 27.4 Å². The fraction of sp³-hybridized carbons (Fsp3) is 0.344. The van der Waals surface area contributed by atoms with Crippen molar-refractivity contribution in [2.75, 3.05) is 32.8 Å². The number of benzene rings is 3. The minimum Gasteiger partial charge on any atom is -0.508 e. The molecule has 0 radical (unpaired) electrons. The third kappa shape index (κ3) is 7.97. The van der Waals surface area contributed by atoms with Crippen LogP contribution in [-0.2, 0) is 11.2 Å². The number of likely N-dealkylation sites (N-methyl/N-ethyl adjacent to an activating group) is 1. The van der Waals surface area contributed by atoms with Crippen LogP contribution < -0.4 is 9.47 Å². The first-order valence-electron chi connectivity index (χ1n) is 13.6. The zero-order chi connectivity index (χ0) is 27.6. The molecule has 0 fully saturated rings. The third-order valence-electron chi connectivity index (χ3n) is 6.66. The van der Waals surface area contributed by atoms with Crippen LogP contribution in [0.4, 0.5) is 0 Å². The Morgan fingerprint density at radius 1 is 0.897 bits per heavy atom. The van der Waals surface area contributed by atoms with Gasteiger partial charge in [-0.05, 0) is 109 Å². The molecule has 2 N–H and O–H groups in total. The summed E-state index contributed by atoms with van der Waals surface area (Å²) in [5, 5.41) is 20.0. The van der Waals surface area contributed by atoms with Crippen LogP contribution in [0.5, 0.6) is 17.2 Å². The molecule has 0 aliphatic heterocycles. The van der Waals surface area contributed by atoms with Crippen LogP contribution >= 0.6 is 11.3 Å². The summed E-state index contributed by atoms with van der Waals surface area (Å²) in [6, 6.07) is 21.8. The first kappa shape index (κ1) is 28.5. The van der Waals surface area contributed by atoms with Crippen molar-refractivity contribution in [1.82, 2.24) is 4.90 Å². The van der Waals surface area contributed by atoms with Crippen molar-refractivity contribution < 1.29 is 24.5 Å². The minimum atomic E-state index is -0.815. The molecule has 4 rings (SSSR count). The largest absolute Gasteiger partial charge is 0.508 e. The Labute approximate surface area is 234 Å². The number of phenolic OH excluding ortho intramolecular Hbond substituents is 1. The number of phenols is 1. The number of rotatable bonds is 15. The molecule has 4 aromatic rings. The molecule has 0 atom stereocenters. The van der Waals surface area contributed by atoms with Gasteiger partial charge >= 0.3 is 5.97 Å². The first-order chi connectivity index (χ1) is 19.0. The van der Waals surface area contributed by atoms with Gasteiger partial charge in [0.25, 0.3) is 0 Å². The summed E-state index contributed by atoms with van der Waals surface area (Å²) >= 11 is 1.67. The predicted molar refractivity (Wildman–Crippen MR) is 158 cm³/mol. The van der Waals surface area contributed by atoms with Crippen molar-refractivity contribution in [3.63, 3.8) is 0 Å². The second kappa shape index (κ2) is 14.0. The van der Waals surface area contributed by atoms with Gasteiger partial charge in [-0.3, -0.25) is 4.79 Å². The normalized spacial score (nSPS) is 11.3. The fourth-order valence-corrected chi connectivity index (χ4v) is 5.87. The van der Waals surface area contributed by atoms with E-state index < -0.39 is 5.97 Å². The van der Waals surface area contributed by atoms with Crippen molar-refractivity contribution in [2.24, 2.45) is 0 Å². The highest BCUT2D eigenvalue weighted by Gasteiger charge is 2.15. The topological polar surface area (TPSA) is 79.2 Å². The Morgan fingerprint density at radius 3 is 2.26 bits per heavy atom. The van der Waals surface area contributed by atoms with E-state index in [9.17, 15) is 9.90 Å². The predicted octanol–water partition coefficient (Wildman–Crippen LogP) is 7.22. The second-order valence-corrected chi connectivity index (χ2v) is 10.6. The van der Waals surface area contributed by atoms with Crippen LogP contribution in [0.2, 0.25) is 0 Å². The van der Waals surface area contributed by atoms with Gasteiger partial charge in [0.05, 0.1) is 6.61 Å². The Hall–Kier alpha value is -3.55. The molecule has 7 heteroatoms. The molecule has 0 aliphatic carbocycles. The lowest BCUT2D eigenvalue weighted by atomic mass is 9.99. The minimum absolute atomic E-state index is 0.0968. The zero-order valence-electron chi connectivity index (χ0n) is 22.7. The number of fused-ring (bicyclic) bond motifs is 1. The van der Waals surface area contributed by atoms with E-state index in [0.717, 1.165) is 64.5 Å². The van der Waals surface area contributed by atoms with Gasteiger partial charge in [0.1, 0.15) is 23.9 Å². The van der Waals surface area contributed by atoms with Gasteiger partial charge in [0, 0.05) is 22.5 Å². The van der Waals surface area contributed by atoms with Gasteiger partial charge in [0.15, 0.2) is 0 Å². The van der Waals surface area contributed by atoms with E-state index in [2.05, 4.69) is 30.9 Å². The van der Waals surface area contributed by atoms with E-state index >= 15 is 0 Å². The molecular weight excluding hydrogens is 510 g/mol. The lowest BCUT2D eigenvalue weighted by Gasteiger charge is -2.19. The van der Waals surface area contributed by atoms with Gasteiger partial charge < -0.3 is 24.6 Å². The van der Waals surface area contributed by atoms with E-state index in [1.165, 1.54) is 11.1 Å². The number of aliphatic carboxylic acids is 1. The average molecular weight is 548 g/mol. The molecule has 0 saturated carbocycles. The number of carboxylic acids is 1. The summed E-state index contributed by atoms with van der Waals surface area (Å²) < 4.78 is 12.8. The molecule has 1 aromatic heterocycles. The summed E-state index contributed by atoms with van der Waals surface area (Å²) in [7, 11) is 0. The Bertz CT molecular complexity index is 1350. The van der Waals surface area contributed by atoms with Crippen LogP contribution in [-0.4, -0.2) is 53.9 Å². The molecule has 0 bridgehead atoms. The smallest absolute Gasteiger partial charge is 0.303 e. The number of ether oxygens (including phenoxy) is 2. The summed E-state index contributed by atoms with van der Waals surface area (Å²) in [6.07, 6.45) is 2.47. The van der Waals surface area contributed by atoms with Crippen LogP contribution in [0.3, 0.4) is 0 Å². The van der Waals surface area contributed by atoms with Gasteiger partial charge in [-0.15, -0.1) is 11.3 Å². The Kier molecular flexibility index (Phi) is 10.2. The number of carboxylic acid groups (broad SMARTS) is 1. The van der Waals surface area contributed by atoms with E-state index in [0.29, 0.717) is 19.6 Å². The van der Waals surface area contributed by atoms with Crippen LogP contribution in [0, 0.1) is 0 Å². The van der Waals surface area contributed by atoms with Crippen molar-refractivity contribution in [2.45, 2.75) is 39.5 Å². The molecule has 3 aromatic carbocycles. The SMILES string of the molecule is CCCN(CC)CCOc1ccc(Cc2c(-c3ccc(OCCCC(=O)O)cc3)sc3cc(O)ccc23)cc1. The molecule has 1 heterocycles. The van der Waals surface area contributed by atoms with Crippen molar-refractivity contribution in [3.05, 3.63) is 77.9 Å². The summed E-state index contributed by atoms with van der Waals surface area (Å²) in [4.78, 5) is 14.3. The molecule has 0 saturated heterocycles. The fourth-order valence-electron chi connectivity index (χ4n) is 4.61. The molecule has 0 aliphatic rings. The standard InChI is InChI=1S/C32H37NO5S/c1-3-17-33(4-2)18-20-38-26-12-7-23(8-13-26)21-29-28-16-11-25(34)22-30(28)39-32(29)24-9-14-27(15-10-24)37-19-5-6-31(35)36/h7-16,22,34H,3-6,17-21H2,1-2H3,(H,35,36). The number of hydrogen-bond acceptors (Lipinski definition) is 6. The molecule has 0 spiro atoms. The number of hydrogen-bond donors (Lipinski definition) is 2. The van der Waals surface area contributed by atoms with Crippen LogP contribution in [0.15, 0.2) is 66.7 Å². The molecular formula is C32H37NO5S. The van der Waals surface area contributed by atoms with Crippen molar-refractivity contribution in [1.29, 1.82) is 0 Å². The van der Waals surface area contributed by atoms with Gasteiger partial charge in [0.2, 0.25) is 0 Å². The highest BCUT2D eigenvalue weighted by molar-refractivity contribution is 7.22. The summed E-state index contributed by atoms with van der Waals surface area (Å²) in [6.45, 7) is 8.48. The number of carbonyl (C=O) groups is 1. The first-order valence-corrected chi connectivity index (χ1v) is 14.4. The number of aromatic hydroxyl groups is 1. The number of nitrogens with zero attached hydrogens (tertiary/aromatic N) is 1. The van der Waals surface area contributed by atoms with Crippen molar-refractivity contribution in [3.8, 4) is 27.7 Å². The second-order valence-electron chi connectivity index (χ2n) is 9.56. The van der Waals surface area contributed by atoms with Crippen LogP contribution in [0.25, 0.3) is 20.5 Å². The molecule has 0 unspecified atom stereocenters. The van der Waals surface area contributed by atoms with Gasteiger partial charge in [-0.25, -0.2) is 0 Å². The van der Waals surface area contributed by atoms with Gasteiger partial charge in [-0.2, -0.15) is 0 Å². The lowest BCUT2D eigenvalue weighted by Crippen LogP contribution is -2.28. The molecule has 206 valence electrons. The Balaban J connectivity index is 1.48. The maximum absolute atomic E-state index is 10.7. The molecule has 6 nitrogen and oxygen atoms in total. The van der Waals surface area contributed by atoms with E-state index in [-0.39, 0.29) is 12.2 Å². The highest BCUT2D eigenvalue weighted by Crippen LogP contribution is 2.41. The maximum atomic E-state index is 10.7. The van der Waals surface area contributed by atoms with E-state index in [1.807, 2.05) is 48.5 Å². The molecule has 39 heavy (non-hydrogen) atoms. The zero-order valence-corrected chi connectivity index (χ0v) is 23.5. The maximum Gasteiger partial charge on any atom is 0.303 e. The molecule has 0 amide bonds. The Morgan fingerprint density at radius 2 is 1.59 bits per heavy atom. The average Bonchev–Trinajstić information content (AvgIpc) is 3.28. The monoisotopic (exact) mass is 547 g/mol. The van der Waals surface area contributed by atoms with E-state index in [1.54, 1.807) is 17.4 Å². The van der Waals surface area contributed by atoms with Crippen LogP contribution in [0.1, 0.15) is 44.2 Å². The highest BCUT2D eigenvalue weighted by atomic mass is 32.1. The summed E-state index contributed by atoms with van der Waals surface area (Å²) in [5.74, 6) is 1.04. The van der Waals surface area contributed by atoms with Gasteiger partial charge in [-0.1, -0.05) is 26.0 Å². The quantitative estimate of drug-likeness (QED) is 0.153. The third-order valence-corrected chi connectivity index (χ3v) is 7.91. The number of thiophene rings is 1. The van der Waals surface area contributed by atoms with E-state index in [4.69, 9.17) is 14.6 Å². The lowest BCUT2D eigenvalue weighted by molar-refractivity contribution is -0.137. The summed E-state index contributed by atoms with van der Waals surface area (Å²) in [5.41, 5.74) is 3.49.